The average Bonchev–Trinajstić information content (AvgIpc) is 3.14. The average molecular weight is 308 g/mol. The largest absolute Gasteiger partial charge is 0.314 e. The minimum Gasteiger partial charge on any atom is -0.314 e. The molecule has 4 nitrogen and oxygen atoms in total. The number of hydrogen-bond acceptors (Lipinski definition) is 3. The third kappa shape index (κ3) is 4.45. The Balaban J connectivity index is 1.45. The van der Waals surface area contributed by atoms with E-state index in [1.807, 2.05) is 12.1 Å². The monoisotopic (exact) mass is 308 g/mol. The van der Waals surface area contributed by atoms with Crippen LogP contribution in [-0.4, -0.2) is 26.8 Å². The normalized spacial score (nSPS) is 17.7. The number of fused-ring (bicyclic) bond motifs is 1. The number of rotatable bonds is 8. The fourth-order valence-corrected chi connectivity index (χ4v) is 4.05. The Morgan fingerprint density at radius 1 is 1.10 bits per heavy atom. The summed E-state index contributed by atoms with van der Waals surface area (Å²) in [5, 5.41) is 3.41. The van der Waals surface area contributed by atoms with Crippen LogP contribution in [0.2, 0.25) is 0 Å². The predicted molar refractivity (Wildman–Crippen MR) is 86.1 cm³/mol. The van der Waals surface area contributed by atoms with Gasteiger partial charge in [-0.25, -0.2) is 8.42 Å². The van der Waals surface area contributed by atoms with Crippen LogP contribution in [0.4, 0.5) is 5.69 Å². The predicted octanol–water partition coefficient (Wildman–Crippen LogP) is 2.45. The van der Waals surface area contributed by atoms with Crippen molar-refractivity contribution in [3.8, 4) is 0 Å². The highest BCUT2D eigenvalue weighted by Crippen LogP contribution is 2.25. The van der Waals surface area contributed by atoms with E-state index in [9.17, 15) is 8.42 Å². The van der Waals surface area contributed by atoms with Gasteiger partial charge in [-0.15, -0.1) is 0 Å². The molecule has 0 heterocycles. The zero-order valence-electron chi connectivity index (χ0n) is 12.4. The van der Waals surface area contributed by atoms with E-state index in [2.05, 4.69) is 16.1 Å². The summed E-state index contributed by atoms with van der Waals surface area (Å²) in [5.41, 5.74) is 3.37. The van der Waals surface area contributed by atoms with E-state index in [4.69, 9.17) is 0 Å². The molecule has 2 N–H and O–H groups in total. The molecule has 0 spiro atoms. The molecule has 0 unspecified atom stereocenters. The Morgan fingerprint density at radius 2 is 1.90 bits per heavy atom. The van der Waals surface area contributed by atoms with Crippen molar-refractivity contribution in [2.24, 2.45) is 0 Å². The minimum atomic E-state index is -3.21. The second-order valence-corrected chi connectivity index (χ2v) is 8.04. The van der Waals surface area contributed by atoms with Gasteiger partial charge in [0.05, 0.1) is 5.75 Å². The first-order chi connectivity index (χ1) is 10.1. The fraction of sp³-hybridized carbons (Fsp3) is 0.625. The van der Waals surface area contributed by atoms with Gasteiger partial charge in [-0.1, -0.05) is 6.07 Å². The van der Waals surface area contributed by atoms with Gasteiger partial charge in [-0.05, 0) is 74.8 Å². The lowest BCUT2D eigenvalue weighted by Crippen LogP contribution is -2.20. The van der Waals surface area contributed by atoms with Crippen LogP contribution >= 0.6 is 0 Å². The van der Waals surface area contributed by atoms with Crippen molar-refractivity contribution in [2.75, 3.05) is 17.0 Å². The van der Waals surface area contributed by atoms with Crippen molar-refractivity contribution in [1.29, 1.82) is 0 Å². The lowest BCUT2D eigenvalue weighted by Gasteiger charge is -2.10. The van der Waals surface area contributed by atoms with Crippen molar-refractivity contribution in [2.45, 2.75) is 51.0 Å². The van der Waals surface area contributed by atoms with Gasteiger partial charge in [0.2, 0.25) is 10.0 Å². The van der Waals surface area contributed by atoms with Gasteiger partial charge in [-0.3, -0.25) is 4.72 Å². The molecule has 1 aromatic rings. The van der Waals surface area contributed by atoms with Crippen LogP contribution in [0.5, 0.6) is 0 Å². The summed E-state index contributed by atoms with van der Waals surface area (Å²) in [7, 11) is -3.21. The standard InChI is InChI=1S/C16H24N2O2S/c19-21(20,11-2-1-10-17-15-8-9-15)18-16-7-6-13-4-3-5-14(13)12-16/h6-7,12,15,17-18H,1-5,8-11H2. The summed E-state index contributed by atoms with van der Waals surface area (Å²) in [4.78, 5) is 0. The number of benzene rings is 1. The number of nitrogens with one attached hydrogen (secondary N) is 2. The SMILES string of the molecule is O=S(=O)(CCCCNC1CC1)Nc1ccc2c(c1)CCC2. The molecule has 2 aliphatic rings. The topological polar surface area (TPSA) is 58.2 Å². The summed E-state index contributed by atoms with van der Waals surface area (Å²) >= 11 is 0. The van der Waals surface area contributed by atoms with E-state index >= 15 is 0 Å². The Kier molecular flexibility index (Phi) is 4.50. The summed E-state index contributed by atoms with van der Waals surface area (Å²) in [6.45, 7) is 0.930. The molecule has 0 bridgehead atoms. The molecule has 21 heavy (non-hydrogen) atoms. The zero-order valence-corrected chi connectivity index (χ0v) is 13.2. The third-order valence-electron chi connectivity index (χ3n) is 4.22. The molecule has 0 aliphatic heterocycles. The molecule has 5 heteroatoms. The molecule has 0 saturated heterocycles. The molecule has 0 amide bonds. The van der Waals surface area contributed by atoms with Crippen LogP contribution in [0.3, 0.4) is 0 Å². The smallest absolute Gasteiger partial charge is 0.232 e. The Bertz CT molecular complexity index is 594. The van der Waals surface area contributed by atoms with Crippen molar-refractivity contribution in [1.82, 2.24) is 5.32 Å². The van der Waals surface area contributed by atoms with Crippen molar-refractivity contribution >= 4 is 15.7 Å². The van der Waals surface area contributed by atoms with E-state index in [1.54, 1.807) is 0 Å². The Labute approximate surface area is 127 Å². The molecule has 0 radical (unpaired) electrons. The van der Waals surface area contributed by atoms with Gasteiger partial charge < -0.3 is 5.32 Å². The lowest BCUT2D eigenvalue weighted by molar-refractivity contribution is 0.591. The van der Waals surface area contributed by atoms with E-state index < -0.39 is 10.0 Å². The van der Waals surface area contributed by atoms with E-state index in [1.165, 1.54) is 30.4 Å². The second-order valence-electron chi connectivity index (χ2n) is 6.19. The summed E-state index contributed by atoms with van der Waals surface area (Å²) in [5.74, 6) is 0.205. The van der Waals surface area contributed by atoms with Gasteiger partial charge in [0.25, 0.3) is 0 Å². The maximum Gasteiger partial charge on any atom is 0.232 e. The second kappa shape index (κ2) is 6.36. The molecule has 1 saturated carbocycles. The van der Waals surface area contributed by atoms with Crippen molar-refractivity contribution < 1.29 is 8.42 Å². The molecule has 116 valence electrons. The van der Waals surface area contributed by atoms with Gasteiger partial charge in [-0.2, -0.15) is 0 Å². The number of anilines is 1. The number of aryl methyl sites for hydroxylation is 2. The van der Waals surface area contributed by atoms with Gasteiger partial charge >= 0.3 is 0 Å². The molecular weight excluding hydrogens is 284 g/mol. The highest BCUT2D eigenvalue weighted by atomic mass is 32.2. The first kappa shape index (κ1) is 14.9. The van der Waals surface area contributed by atoms with E-state index in [0.29, 0.717) is 18.2 Å². The van der Waals surface area contributed by atoms with Gasteiger partial charge in [0.15, 0.2) is 0 Å². The first-order valence-corrected chi connectivity index (χ1v) is 9.63. The van der Waals surface area contributed by atoms with Crippen LogP contribution in [0.1, 0.15) is 43.2 Å². The van der Waals surface area contributed by atoms with Crippen molar-refractivity contribution in [3.63, 3.8) is 0 Å². The molecule has 3 rings (SSSR count). The van der Waals surface area contributed by atoms with Crippen LogP contribution < -0.4 is 10.0 Å². The fourth-order valence-electron chi connectivity index (χ4n) is 2.88. The van der Waals surface area contributed by atoms with Crippen LogP contribution in [-0.2, 0) is 22.9 Å². The van der Waals surface area contributed by atoms with Crippen LogP contribution in [0.25, 0.3) is 0 Å². The molecule has 1 fully saturated rings. The molecule has 0 atom stereocenters. The zero-order chi connectivity index (χ0) is 14.7. The Morgan fingerprint density at radius 3 is 2.71 bits per heavy atom. The number of sulfonamides is 1. The molecule has 1 aromatic carbocycles. The first-order valence-electron chi connectivity index (χ1n) is 7.98. The summed E-state index contributed by atoms with van der Waals surface area (Å²) in [6, 6.07) is 6.64. The molecule has 2 aliphatic carbocycles. The quantitative estimate of drug-likeness (QED) is 0.725. The lowest BCUT2D eigenvalue weighted by atomic mass is 10.1. The number of unbranched alkanes of at least 4 members (excludes halogenated alkanes) is 1. The maximum atomic E-state index is 12.1. The Hall–Kier alpha value is -1.07. The minimum absolute atomic E-state index is 0.205. The van der Waals surface area contributed by atoms with Crippen LogP contribution in [0.15, 0.2) is 18.2 Å². The summed E-state index contributed by atoms with van der Waals surface area (Å²) < 4.78 is 26.9. The molecular formula is C16H24N2O2S. The van der Waals surface area contributed by atoms with Crippen LogP contribution in [0, 0.1) is 0 Å². The van der Waals surface area contributed by atoms with Gasteiger partial charge in [0, 0.05) is 11.7 Å². The molecule has 0 aromatic heterocycles. The highest BCUT2D eigenvalue weighted by Gasteiger charge is 2.19. The van der Waals surface area contributed by atoms with Crippen molar-refractivity contribution in [3.05, 3.63) is 29.3 Å². The summed E-state index contributed by atoms with van der Waals surface area (Å²) in [6.07, 6.45) is 7.55. The van der Waals surface area contributed by atoms with E-state index in [0.717, 1.165) is 25.8 Å². The highest BCUT2D eigenvalue weighted by molar-refractivity contribution is 7.92. The maximum absolute atomic E-state index is 12.1. The van der Waals surface area contributed by atoms with Gasteiger partial charge in [0.1, 0.15) is 0 Å². The third-order valence-corrected chi connectivity index (χ3v) is 5.59. The number of hydrogen-bond donors (Lipinski definition) is 2. The van der Waals surface area contributed by atoms with E-state index in [-0.39, 0.29) is 5.75 Å².